The highest BCUT2D eigenvalue weighted by Gasteiger charge is 2.19. The Kier molecular flexibility index (Phi) is 2.00. The van der Waals surface area contributed by atoms with Crippen molar-refractivity contribution in [2.24, 2.45) is 0 Å². The third kappa shape index (κ3) is 1.65. The van der Waals surface area contributed by atoms with Crippen LogP contribution in [-0.2, 0) is 6.54 Å². The lowest BCUT2D eigenvalue weighted by molar-refractivity contribution is 0.687. The molecule has 0 amide bonds. The van der Waals surface area contributed by atoms with Crippen LogP contribution in [0.2, 0.25) is 0 Å². The molecular formula is C11H12N2S. The molecule has 1 saturated carbocycles. The lowest BCUT2D eigenvalue weighted by atomic mass is 10.2. The average Bonchev–Trinajstić information content (AvgIpc) is 2.92. The van der Waals surface area contributed by atoms with Crippen molar-refractivity contribution in [3.05, 3.63) is 29.3 Å². The minimum absolute atomic E-state index is 0.772. The zero-order valence-corrected chi connectivity index (χ0v) is 8.68. The Morgan fingerprint density at radius 1 is 1.50 bits per heavy atom. The van der Waals surface area contributed by atoms with Gasteiger partial charge in [0.2, 0.25) is 0 Å². The van der Waals surface area contributed by atoms with Crippen LogP contribution in [0.15, 0.2) is 23.7 Å². The lowest BCUT2D eigenvalue weighted by Gasteiger charge is -2.01. The molecule has 1 N–H and O–H groups in total. The van der Waals surface area contributed by atoms with Crippen LogP contribution >= 0.6 is 11.3 Å². The number of hydrogen-bond donors (Lipinski definition) is 1. The molecule has 2 aromatic rings. The van der Waals surface area contributed by atoms with Crippen LogP contribution in [0.5, 0.6) is 0 Å². The summed E-state index contributed by atoms with van der Waals surface area (Å²) in [6.07, 6.45) is 4.66. The molecule has 0 radical (unpaired) electrons. The summed E-state index contributed by atoms with van der Waals surface area (Å²) in [6.45, 7) is 0.964. The standard InChI is InChI=1S/C11H12N2S/c1-2-9(1)12-6-8-5-11-10(13-7-8)3-4-14-11/h3-5,7,9,12H,1-2,6H2. The Bertz CT molecular complexity index is 445. The molecule has 72 valence electrons. The predicted molar refractivity (Wildman–Crippen MR) is 59.5 cm³/mol. The van der Waals surface area contributed by atoms with E-state index in [9.17, 15) is 0 Å². The Morgan fingerprint density at radius 2 is 2.43 bits per heavy atom. The Labute approximate surface area is 87.0 Å². The van der Waals surface area contributed by atoms with Gasteiger partial charge in [-0.3, -0.25) is 4.98 Å². The van der Waals surface area contributed by atoms with E-state index in [1.807, 2.05) is 6.20 Å². The summed E-state index contributed by atoms with van der Waals surface area (Å²) >= 11 is 1.76. The summed E-state index contributed by atoms with van der Waals surface area (Å²) < 4.78 is 1.29. The van der Waals surface area contributed by atoms with Crippen molar-refractivity contribution in [1.82, 2.24) is 10.3 Å². The fourth-order valence-corrected chi connectivity index (χ4v) is 2.34. The maximum Gasteiger partial charge on any atom is 0.0809 e. The van der Waals surface area contributed by atoms with Gasteiger partial charge in [-0.2, -0.15) is 0 Å². The second-order valence-corrected chi connectivity index (χ2v) is 4.75. The number of rotatable bonds is 3. The van der Waals surface area contributed by atoms with Crippen molar-refractivity contribution in [3.63, 3.8) is 0 Å². The molecule has 3 heteroatoms. The Morgan fingerprint density at radius 3 is 3.29 bits per heavy atom. The predicted octanol–water partition coefficient (Wildman–Crippen LogP) is 2.55. The van der Waals surface area contributed by atoms with Crippen molar-refractivity contribution >= 4 is 21.6 Å². The van der Waals surface area contributed by atoms with Gasteiger partial charge in [0.1, 0.15) is 0 Å². The van der Waals surface area contributed by atoms with Gasteiger partial charge in [0, 0.05) is 18.8 Å². The van der Waals surface area contributed by atoms with E-state index >= 15 is 0 Å². The third-order valence-corrected chi connectivity index (χ3v) is 3.38. The number of fused-ring (bicyclic) bond motifs is 1. The molecule has 1 aliphatic rings. The number of nitrogens with zero attached hydrogens (tertiary/aromatic N) is 1. The first kappa shape index (κ1) is 8.38. The molecule has 0 spiro atoms. The molecule has 0 unspecified atom stereocenters. The van der Waals surface area contributed by atoms with Gasteiger partial charge in [-0.05, 0) is 35.9 Å². The van der Waals surface area contributed by atoms with Crippen LogP contribution in [0.4, 0.5) is 0 Å². The highest BCUT2D eigenvalue weighted by atomic mass is 32.1. The Hall–Kier alpha value is -0.930. The van der Waals surface area contributed by atoms with Gasteiger partial charge >= 0.3 is 0 Å². The summed E-state index contributed by atoms with van der Waals surface area (Å²) in [7, 11) is 0. The quantitative estimate of drug-likeness (QED) is 0.831. The number of nitrogens with one attached hydrogen (secondary N) is 1. The summed E-state index contributed by atoms with van der Waals surface area (Å²) in [6, 6.07) is 5.08. The largest absolute Gasteiger partial charge is 0.310 e. The van der Waals surface area contributed by atoms with Crippen LogP contribution in [0.3, 0.4) is 0 Å². The molecule has 0 atom stereocenters. The molecule has 3 rings (SSSR count). The van der Waals surface area contributed by atoms with Gasteiger partial charge in [-0.15, -0.1) is 11.3 Å². The average molecular weight is 204 g/mol. The lowest BCUT2D eigenvalue weighted by Crippen LogP contribution is -2.15. The SMILES string of the molecule is c1cc2ncc(CNC3CC3)cc2s1. The normalized spacial score (nSPS) is 16.3. The molecule has 0 aromatic carbocycles. The fraction of sp³-hybridized carbons (Fsp3) is 0.364. The summed E-state index contributed by atoms with van der Waals surface area (Å²) in [5.41, 5.74) is 2.41. The number of aromatic nitrogens is 1. The first-order valence-electron chi connectivity index (χ1n) is 4.97. The summed E-state index contributed by atoms with van der Waals surface area (Å²) in [5.74, 6) is 0. The molecule has 1 aliphatic carbocycles. The molecule has 2 heterocycles. The van der Waals surface area contributed by atoms with Gasteiger partial charge in [-0.25, -0.2) is 0 Å². The topological polar surface area (TPSA) is 24.9 Å². The van der Waals surface area contributed by atoms with Crippen molar-refractivity contribution in [1.29, 1.82) is 0 Å². The molecule has 0 saturated heterocycles. The molecule has 2 aromatic heterocycles. The molecule has 1 fully saturated rings. The summed E-state index contributed by atoms with van der Waals surface area (Å²) in [4.78, 5) is 4.41. The van der Waals surface area contributed by atoms with Crippen molar-refractivity contribution in [2.45, 2.75) is 25.4 Å². The van der Waals surface area contributed by atoms with Gasteiger partial charge < -0.3 is 5.32 Å². The second kappa shape index (κ2) is 3.33. The van der Waals surface area contributed by atoms with Crippen LogP contribution in [0.25, 0.3) is 10.2 Å². The first-order valence-corrected chi connectivity index (χ1v) is 5.85. The van der Waals surface area contributed by atoms with Crippen LogP contribution in [0.1, 0.15) is 18.4 Å². The van der Waals surface area contributed by atoms with E-state index in [-0.39, 0.29) is 0 Å². The minimum Gasteiger partial charge on any atom is -0.310 e. The smallest absolute Gasteiger partial charge is 0.0809 e. The van der Waals surface area contributed by atoms with Crippen LogP contribution < -0.4 is 5.32 Å². The third-order valence-electron chi connectivity index (χ3n) is 2.53. The van der Waals surface area contributed by atoms with E-state index in [4.69, 9.17) is 0 Å². The van der Waals surface area contributed by atoms with Crippen molar-refractivity contribution < 1.29 is 0 Å². The van der Waals surface area contributed by atoms with Crippen molar-refractivity contribution in [3.8, 4) is 0 Å². The van der Waals surface area contributed by atoms with E-state index in [1.165, 1.54) is 23.1 Å². The van der Waals surface area contributed by atoms with Crippen LogP contribution in [0, 0.1) is 0 Å². The second-order valence-electron chi connectivity index (χ2n) is 3.80. The number of pyridine rings is 1. The van der Waals surface area contributed by atoms with Crippen molar-refractivity contribution in [2.75, 3.05) is 0 Å². The van der Waals surface area contributed by atoms with E-state index < -0.39 is 0 Å². The van der Waals surface area contributed by atoms with Gasteiger partial charge in [0.15, 0.2) is 0 Å². The first-order chi connectivity index (χ1) is 6.92. The highest BCUT2D eigenvalue weighted by Crippen LogP contribution is 2.21. The molecular weight excluding hydrogens is 192 g/mol. The van der Waals surface area contributed by atoms with E-state index in [0.717, 1.165) is 18.1 Å². The van der Waals surface area contributed by atoms with E-state index in [1.54, 1.807) is 11.3 Å². The zero-order valence-electron chi connectivity index (χ0n) is 7.86. The van der Waals surface area contributed by atoms with Gasteiger partial charge in [0.05, 0.1) is 10.2 Å². The highest BCUT2D eigenvalue weighted by molar-refractivity contribution is 7.17. The molecule has 0 aliphatic heterocycles. The fourth-order valence-electron chi connectivity index (χ4n) is 1.53. The monoisotopic (exact) mass is 204 g/mol. The minimum atomic E-state index is 0.772. The maximum atomic E-state index is 4.41. The number of thiophene rings is 1. The molecule has 2 nitrogen and oxygen atoms in total. The number of hydrogen-bond acceptors (Lipinski definition) is 3. The van der Waals surface area contributed by atoms with Gasteiger partial charge in [0.25, 0.3) is 0 Å². The Balaban J connectivity index is 1.81. The maximum absolute atomic E-state index is 4.41. The zero-order chi connectivity index (χ0) is 9.38. The molecule has 0 bridgehead atoms. The van der Waals surface area contributed by atoms with Gasteiger partial charge in [-0.1, -0.05) is 0 Å². The van der Waals surface area contributed by atoms with Crippen LogP contribution in [-0.4, -0.2) is 11.0 Å². The van der Waals surface area contributed by atoms with E-state index in [2.05, 4.69) is 27.8 Å². The summed E-state index contributed by atoms with van der Waals surface area (Å²) in [5, 5.41) is 5.59. The molecule has 14 heavy (non-hydrogen) atoms. The van der Waals surface area contributed by atoms with E-state index in [0.29, 0.717) is 0 Å².